The summed E-state index contributed by atoms with van der Waals surface area (Å²) >= 11 is 0. The predicted octanol–water partition coefficient (Wildman–Crippen LogP) is 4.70. The summed E-state index contributed by atoms with van der Waals surface area (Å²) in [6, 6.07) is 8.05. The van der Waals surface area contributed by atoms with Gasteiger partial charge in [0.1, 0.15) is 11.6 Å². The molecule has 2 saturated heterocycles. The van der Waals surface area contributed by atoms with Gasteiger partial charge in [-0.05, 0) is 60.7 Å². The molecule has 1 aromatic heterocycles. The van der Waals surface area contributed by atoms with Crippen LogP contribution in [-0.2, 0) is 18.0 Å². The van der Waals surface area contributed by atoms with Crippen LogP contribution in [0.15, 0.2) is 41.2 Å². The number of fused-ring (bicyclic) bond motifs is 1. The summed E-state index contributed by atoms with van der Waals surface area (Å²) in [5.41, 5.74) is 0.0974. The number of halogens is 4. The molecular formula is C27H30F4N4O2. The Kier molecular flexibility index (Phi) is 6.66. The molecule has 0 saturated carbocycles. The van der Waals surface area contributed by atoms with Crippen LogP contribution in [-0.4, -0.2) is 54.9 Å². The van der Waals surface area contributed by atoms with Crippen LogP contribution in [0.3, 0.4) is 0 Å². The van der Waals surface area contributed by atoms with Crippen molar-refractivity contribution in [1.29, 1.82) is 0 Å². The van der Waals surface area contributed by atoms with Crippen LogP contribution in [0.2, 0.25) is 0 Å². The third kappa shape index (κ3) is 4.92. The first-order valence-corrected chi connectivity index (χ1v) is 12.4. The van der Waals surface area contributed by atoms with E-state index in [9.17, 15) is 22.4 Å². The zero-order chi connectivity index (χ0) is 26.5. The van der Waals surface area contributed by atoms with Crippen molar-refractivity contribution in [3.05, 3.63) is 69.3 Å². The lowest BCUT2D eigenvalue weighted by Gasteiger charge is -2.48. The second kappa shape index (κ2) is 9.64. The highest BCUT2D eigenvalue weighted by Gasteiger charge is 2.35. The maximum atomic E-state index is 13.6. The van der Waals surface area contributed by atoms with E-state index in [1.807, 2.05) is 25.1 Å². The molecule has 3 aromatic rings. The summed E-state index contributed by atoms with van der Waals surface area (Å²) in [7, 11) is 1.75. The standard InChI is InChI=1S/C27H30F4N4O2/c1-16-10-20(17(2)32-24-5-4-18(28)12-23(24)27(29,30)31)21-13-25(33(3)26(36)22(21)11-16)35-14-19(15-35)34-6-8-37-9-7-34/h4-5,10-13,17,19,32H,6-9,14-15H2,1-3H3/t17-/m1/s1. The largest absolute Gasteiger partial charge is 0.418 e. The van der Waals surface area contributed by atoms with E-state index in [4.69, 9.17) is 4.74 Å². The third-order valence-electron chi connectivity index (χ3n) is 7.38. The van der Waals surface area contributed by atoms with Crippen LogP contribution in [0, 0.1) is 12.7 Å². The average Bonchev–Trinajstić information content (AvgIpc) is 2.82. The highest BCUT2D eigenvalue weighted by molar-refractivity contribution is 5.89. The van der Waals surface area contributed by atoms with Gasteiger partial charge in [-0.15, -0.1) is 0 Å². The molecule has 0 aliphatic carbocycles. The molecule has 6 nitrogen and oxygen atoms in total. The van der Waals surface area contributed by atoms with Crippen molar-refractivity contribution in [2.45, 2.75) is 32.1 Å². The smallest absolute Gasteiger partial charge is 0.379 e. The van der Waals surface area contributed by atoms with E-state index in [1.165, 1.54) is 0 Å². The van der Waals surface area contributed by atoms with Crippen LogP contribution in [0.4, 0.5) is 29.1 Å². The molecule has 0 unspecified atom stereocenters. The van der Waals surface area contributed by atoms with Crippen LogP contribution < -0.4 is 15.8 Å². The first kappa shape index (κ1) is 25.5. The van der Waals surface area contributed by atoms with Crippen molar-refractivity contribution in [1.82, 2.24) is 9.47 Å². The van der Waals surface area contributed by atoms with Gasteiger partial charge in [0.2, 0.25) is 0 Å². The first-order valence-electron chi connectivity index (χ1n) is 12.4. The lowest BCUT2D eigenvalue weighted by Crippen LogP contribution is -2.62. The molecule has 0 spiro atoms. The minimum atomic E-state index is -4.71. The van der Waals surface area contributed by atoms with Gasteiger partial charge in [0, 0.05) is 56.4 Å². The number of morpholine rings is 1. The Hall–Kier alpha value is -3.11. The Labute approximate surface area is 212 Å². The molecule has 2 fully saturated rings. The van der Waals surface area contributed by atoms with Crippen molar-refractivity contribution >= 4 is 22.3 Å². The second-order valence-electron chi connectivity index (χ2n) is 9.94. The number of alkyl halides is 3. The van der Waals surface area contributed by atoms with Gasteiger partial charge in [-0.1, -0.05) is 6.07 Å². The number of benzene rings is 2. The maximum absolute atomic E-state index is 13.6. The van der Waals surface area contributed by atoms with Crippen LogP contribution >= 0.6 is 0 Å². The highest BCUT2D eigenvalue weighted by atomic mass is 19.4. The number of hydrogen-bond acceptors (Lipinski definition) is 5. The quantitative estimate of drug-likeness (QED) is 0.497. The van der Waals surface area contributed by atoms with Crippen LogP contribution in [0.5, 0.6) is 0 Å². The van der Waals surface area contributed by atoms with Gasteiger partial charge in [0.25, 0.3) is 5.56 Å². The van der Waals surface area contributed by atoms with Crippen molar-refractivity contribution in [2.24, 2.45) is 7.05 Å². The number of pyridine rings is 1. The third-order valence-corrected chi connectivity index (χ3v) is 7.38. The normalized spacial score (nSPS) is 18.2. The van der Waals surface area contributed by atoms with Gasteiger partial charge in [0.05, 0.1) is 18.8 Å². The van der Waals surface area contributed by atoms with Crippen molar-refractivity contribution in [2.75, 3.05) is 49.6 Å². The summed E-state index contributed by atoms with van der Waals surface area (Å²) in [6.45, 7) is 8.41. The lowest BCUT2D eigenvalue weighted by atomic mass is 9.96. The number of anilines is 2. The fraction of sp³-hybridized carbons (Fsp3) is 0.444. The molecule has 198 valence electrons. The summed E-state index contributed by atoms with van der Waals surface area (Å²) in [6.07, 6.45) is -4.71. The minimum absolute atomic E-state index is 0.155. The van der Waals surface area contributed by atoms with E-state index in [0.717, 1.165) is 62.9 Å². The molecule has 5 rings (SSSR count). The minimum Gasteiger partial charge on any atom is -0.379 e. The molecule has 0 amide bonds. The van der Waals surface area contributed by atoms with Gasteiger partial charge in [-0.3, -0.25) is 14.3 Å². The molecule has 3 heterocycles. The Bertz CT molecular complexity index is 1380. The summed E-state index contributed by atoms with van der Waals surface area (Å²) < 4.78 is 61.4. The molecule has 2 aliphatic rings. The van der Waals surface area contributed by atoms with E-state index in [0.29, 0.717) is 28.4 Å². The van der Waals surface area contributed by atoms with Crippen LogP contribution in [0.25, 0.3) is 10.8 Å². The van der Waals surface area contributed by atoms with Crippen molar-refractivity contribution in [3.63, 3.8) is 0 Å². The molecule has 0 bridgehead atoms. The zero-order valence-corrected chi connectivity index (χ0v) is 21.0. The van der Waals surface area contributed by atoms with E-state index in [-0.39, 0.29) is 11.2 Å². The van der Waals surface area contributed by atoms with Crippen molar-refractivity contribution in [3.8, 4) is 0 Å². The molecule has 1 N–H and O–H groups in total. The van der Waals surface area contributed by atoms with Gasteiger partial charge >= 0.3 is 6.18 Å². The predicted molar refractivity (Wildman–Crippen MR) is 136 cm³/mol. The molecule has 37 heavy (non-hydrogen) atoms. The van der Waals surface area contributed by atoms with E-state index in [1.54, 1.807) is 18.5 Å². The zero-order valence-electron chi connectivity index (χ0n) is 21.0. The highest BCUT2D eigenvalue weighted by Crippen LogP contribution is 2.38. The summed E-state index contributed by atoms with van der Waals surface area (Å²) in [4.78, 5) is 17.9. The Morgan fingerprint density at radius 1 is 1.05 bits per heavy atom. The number of nitrogens with zero attached hydrogens (tertiary/aromatic N) is 3. The first-order chi connectivity index (χ1) is 17.5. The molecule has 0 radical (unpaired) electrons. The maximum Gasteiger partial charge on any atom is 0.418 e. The fourth-order valence-corrected chi connectivity index (χ4v) is 5.34. The fourth-order valence-electron chi connectivity index (χ4n) is 5.34. The Balaban J connectivity index is 1.49. The van der Waals surface area contributed by atoms with Crippen LogP contribution in [0.1, 0.15) is 29.7 Å². The Morgan fingerprint density at radius 3 is 2.43 bits per heavy atom. The summed E-state index contributed by atoms with van der Waals surface area (Å²) in [5.74, 6) is -0.179. The van der Waals surface area contributed by atoms with Crippen molar-refractivity contribution < 1.29 is 22.3 Å². The molecule has 1 atom stereocenters. The van der Waals surface area contributed by atoms with Gasteiger partial charge in [-0.2, -0.15) is 13.2 Å². The van der Waals surface area contributed by atoms with E-state index in [2.05, 4.69) is 15.1 Å². The van der Waals surface area contributed by atoms with Gasteiger partial charge in [-0.25, -0.2) is 4.39 Å². The lowest BCUT2D eigenvalue weighted by molar-refractivity contribution is -0.137. The topological polar surface area (TPSA) is 49.7 Å². The summed E-state index contributed by atoms with van der Waals surface area (Å²) in [5, 5.41) is 4.11. The SMILES string of the molecule is Cc1cc([C@@H](C)Nc2ccc(F)cc2C(F)(F)F)c2cc(N3CC(N4CCOCC4)C3)n(C)c(=O)c2c1. The number of nitrogens with one attached hydrogen (secondary N) is 1. The molecule has 2 aliphatic heterocycles. The van der Waals surface area contributed by atoms with Gasteiger partial charge in [0.15, 0.2) is 0 Å². The number of hydrogen-bond donors (Lipinski definition) is 1. The van der Waals surface area contributed by atoms with E-state index >= 15 is 0 Å². The van der Waals surface area contributed by atoms with Gasteiger partial charge < -0.3 is 15.0 Å². The molecule has 2 aromatic carbocycles. The number of ether oxygens (including phenoxy) is 1. The van der Waals surface area contributed by atoms with E-state index < -0.39 is 23.6 Å². The second-order valence-corrected chi connectivity index (χ2v) is 9.94. The number of aromatic nitrogens is 1. The number of rotatable bonds is 5. The number of aryl methyl sites for hydroxylation is 1. The molecular weight excluding hydrogens is 488 g/mol. The average molecular weight is 519 g/mol. The monoisotopic (exact) mass is 518 g/mol. The molecule has 10 heteroatoms. The Morgan fingerprint density at radius 2 is 1.76 bits per heavy atom.